The fourth-order valence-electron chi connectivity index (χ4n) is 6.58. The lowest BCUT2D eigenvalue weighted by Gasteiger charge is -2.61. The molecule has 1 aromatic carbocycles. The molecule has 0 radical (unpaired) electrons. The van der Waals surface area contributed by atoms with Crippen molar-refractivity contribution >= 4 is 17.5 Å². The number of hydrogen-bond donors (Lipinski definition) is 4. The second-order valence-corrected chi connectivity index (χ2v) is 12.8. The molecule has 0 saturated carbocycles. The molecule has 1 spiro atoms. The molecule has 12 heteroatoms. The number of aliphatic hydroxyl groups is 4. The zero-order chi connectivity index (χ0) is 29.7. The number of halogens is 2. The van der Waals surface area contributed by atoms with E-state index in [4.69, 9.17) is 21.4 Å². The van der Waals surface area contributed by atoms with E-state index in [2.05, 4.69) is 24.7 Å². The number of nitrogens with zero attached hydrogens (tertiary/aromatic N) is 5. The Morgan fingerprint density at radius 1 is 1.02 bits per heavy atom. The third-order valence-corrected chi connectivity index (χ3v) is 9.10. The van der Waals surface area contributed by atoms with Gasteiger partial charge >= 0.3 is 0 Å². The number of rotatable bonds is 14. The van der Waals surface area contributed by atoms with E-state index in [0.717, 1.165) is 77.4 Å². The number of likely N-dealkylation sites (tertiary alicyclic amines) is 2. The maximum absolute atomic E-state index is 14.8. The highest BCUT2D eigenvalue weighted by Crippen LogP contribution is 2.39. The van der Waals surface area contributed by atoms with Crippen LogP contribution in [0.1, 0.15) is 31.2 Å². The quantitative estimate of drug-likeness (QED) is 0.235. The monoisotopic (exact) mass is 607 g/mol. The zero-order valence-electron chi connectivity index (χ0n) is 24.0. The molecule has 42 heavy (non-hydrogen) atoms. The third kappa shape index (κ3) is 7.88. The first kappa shape index (κ1) is 31.3. The van der Waals surface area contributed by atoms with Crippen LogP contribution >= 0.6 is 11.6 Å². The Balaban J connectivity index is 0.936. The van der Waals surface area contributed by atoms with Crippen molar-refractivity contribution in [3.63, 3.8) is 0 Å². The van der Waals surface area contributed by atoms with Gasteiger partial charge in [0.15, 0.2) is 0 Å². The highest BCUT2D eigenvalue weighted by molar-refractivity contribution is 6.30. The summed E-state index contributed by atoms with van der Waals surface area (Å²) in [5, 5.41) is 38.8. The van der Waals surface area contributed by atoms with Gasteiger partial charge in [-0.15, -0.1) is 0 Å². The fourth-order valence-corrected chi connectivity index (χ4v) is 6.68. The van der Waals surface area contributed by atoms with Crippen LogP contribution in [0, 0.1) is 17.2 Å². The lowest BCUT2D eigenvalue weighted by atomic mass is 9.72. The van der Waals surface area contributed by atoms with E-state index in [0.29, 0.717) is 35.3 Å². The van der Waals surface area contributed by atoms with Gasteiger partial charge in [-0.25, -0.2) is 14.4 Å². The summed E-state index contributed by atoms with van der Waals surface area (Å²) in [4.78, 5) is 15.2. The van der Waals surface area contributed by atoms with Crippen LogP contribution in [-0.4, -0.2) is 124 Å². The van der Waals surface area contributed by atoms with E-state index in [-0.39, 0.29) is 17.8 Å². The van der Waals surface area contributed by atoms with Crippen LogP contribution in [0.15, 0.2) is 30.6 Å². The Bertz CT molecular complexity index is 1140. The SMILES string of the molecule is OC[C@@H](O)[C@@H](O)[C@@H](O)CN1CC2(CN(CCc3ccc(OCCCC4CCN(c5ncc(Cl)cn5)CC4)cc3F)C2)C1. The van der Waals surface area contributed by atoms with Crippen LogP contribution in [0.4, 0.5) is 10.3 Å². The van der Waals surface area contributed by atoms with E-state index < -0.39 is 24.9 Å². The Labute approximate surface area is 251 Å². The van der Waals surface area contributed by atoms with Crippen molar-refractivity contribution in [1.29, 1.82) is 0 Å². The molecule has 5 rings (SSSR count). The predicted molar refractivity (Wildman–Crippen MR) is 157 cm³/mol. The van der Waals surface area contributed by atoms with Gasteiger partial charge in [0, 0.05) is 63.8 Å². The number of β-amino-alcohol motifs (C(OH)–C–C–N with tert-alkyl or cyclic N) is 1. The number of piperidine rings is 1. The summed E-state index contributed by atoms with van der Waals surface area (Å²) in [6.45, 7) is 6.40. The molecule has 2 aromatic rings. The molecule has 3 aliphatic heterocycles. The van der Waals surface area contributed by atoms with Crippen molar-refractivity contribution in [2.45, 2.75) is 50.4 Å². The van der Waals surface area contributed by atoms with Crippen LogP contribution in [0.3, 0.4) is 0 Å². The molecule has 0 aliphatic carbocycles. The van der Waals surface area contributed by atoms with E-state index >= 15 is 0 Å². The van der Waals surface area contributed by atoms with Crippen molar-refractivity contribution in [3.8, 4) is 5.75 Å². The normalized spacial score (nSPS) is 21.5. The Hall–Kier alpha value is -2.12. The molecule has 1 aromatic heterocycles. The summed E-state index contributed by atoms with van der Waals surface area (Å²) in [6.07, 6.45) is 4.30. The van der Waals surface area contributed by atoms with Crippen molar-refractivity contribution in [2.24, 2.45) is 11.3 Å². The summed E-state index contributed by atoms with van der Waals surface area (Å²) < 4.78 is 20.6. The minimum atomic E-state index is -1.36. The maximum Gasteiger partial charge on any atom is 0.225 e. The van der Waals surface area contributed by atoms with Gasteiger partial charge in [0.1, 0.15) is 23.8 Å². The van der Waals surface area contributed by atoms with Crippen LogP contribution < -0.4 is 9.64 Å². The first-order valence-electron chi connectivity index (χ1n) is 15.0. The smallest absolute Gasteiger partial charge is 0.225 e. The first-order valence-corrected chi connectivity index (χ1v) is 15.3. The molecule has 232 valence electrons. The molecule has 3 fully saturated rings. The Kier molecular flexibility index (Phi) is 10.5. The number of hydrogen-bond acceptors (Lipinski definition) is 10. The molecule has 3 atom stereocenters. The topological polar surface area (TPSA) is 126 Å². The summed E-state index contributed by atoms with van der Waals surface area (Å²) in [5.41, 5.74) is 0.882. The minimum Gasteiger partial charge on any atom is -0.493 e. The molecule has 4 N–H and O–H groups in total. The molecule has 10 nitrogen and oxygen atoms in total. The van der Waals surface area contributed by atoms with Gasteiger partial charge < -0.3 is 35.0 Å². The molecule has 3 saturated heterocycles. The zero-order valence-corrected chi connectivity index (χ0v) is 24.7. The lowest BCUT2D eigenvalue weighted by molar-refractivity contribution is -0.141. The van der Waals surface area contributed by atoms with E-state index in [1.165, 1.54) is 6.07 Å². The van der Waals surface area contributed by atoms with Crippen LogP contribution in [-0.2, 0) is 6.42 Å². The maximum atomic E-state index is 14.8. The molecule has 3 aliphatic rings. The van der Waals surface area contributed by atoms with Crippen molar-refractivity contribution in [2.75, 3.05) is 70.5 Å². The highest BCUT2D eigenvalue weighted by atomic mass is 35.5. The lowest BCUT2D eigenvalue weighted by Crippen LogP contribution is -2.73. The van der Waals surface area contributed by atoms with Gasteiger partial charge in [-0.3, -0.25) is 4.90 Å². The molecule has 4 heterocycles. The fraction of sp³-hybridized carbons (Fsp3) is 0.667. The summed E-state index contributed by atoms with van der Waals surface area (Å²) >= 11 is 5.88. The van der Waals surface area contributed by atoms with Crippen LogP contribution in [0.5, 0.6) is 5.75 Å². The largest absolute Gasteiger partial charge is 0.493 e. The van der Waals surface area contributed by atoms with Crippen LogP contribution in [0.2, 0.25) is 5.02 Å². The highest BCUT2D eigenvalue weighted by Gasteiger charge is 2.51. The van der Waals surface area contributed by atoms with E-state index in [9.17, 15) is 19.7 Å². The van der Waals surface area contributed by atoms with E-state index in [1.54, 1.807) is 12.4 Å². The van der Waals surface area contributed by atoms with E-state index in [1.807, 2.05) is 12.1 Å². The molecule has 0 amide bonds. The average Bonchev–Trinajstić information content (AvgIpc) is 2.96. The third-order valence-electron chi connectivity index (χ3n) is 8.91. The van der Waals surface area contributed by atoms with Gasteiger partial charge in [0.05, 0.1) is 36.7 Å². The molecular weight excluding hydrogens is 565 g/mol. The van der Waals surface area contributed by atoms with Gasteiger partial charge in [0.2, 0.25) is 5.95 Å². The average molecular weight is 608 g/mol. The first-order chi connectivity index (χ1) is 20.2. The Morgan fingerprint density at radius 2 is 1.71 bits per heavy atom. The van der Waals surface area contributed by atoms with Gasteiger partial charge in [-0.05, 0) is 49.7 Å². The van der Waals surface area contributed by atoms with Gasteiger partial charge in [-0.2, -0.15) is 0 Å². The molecule has 0 unspecified atom stereocenters. The second-order valence-electron chi connectivity index (χ2n) is 12.3. The number of anilines is 1. The van der Waals surface area contributed by atoms with Crippen molar-refractivity contribution < 1.29 is 29.6 Å². The van der Waals surface area contributed by atoms with Crippen LogP contribution in [0.25, 0.3) is 0 Å². The second kappa shape index (κ2) is 14.1. The summed E-state index contributed by atoms with van der Waals surface area (Å²) in [5.74, 6) is 1.72. The molecular formula is C30H43ClFN5O5. The summed E-state index contributed by atoms with van der Waals surface area (Å²) in [6, 6.07) is 5.18. The van der Waals surface area contributed by atoms with Crippen molar-refractivity contribution in [3.05, 3.63) is 47.0 Å². The standard InChI is InChI=1S/C30H43ClFN5O5/c31-23-13-33-29(34-14-23)37-9-5-21(6-10-37)2-1-11-42-24-4-3-22(25(32)12-24)7-8-35-17-30(18-35)19-36(20-30)15-26(39)28(41)27(40)16-38/h3-4,12-14,21,26-28,38-41H,1-2,5-11,15-20H2/t26-,27+,28-/m0/s1. The number of aliphatic hydroxyl groups excluding tert-OH is 4. The number of benzene rings is 1. The summed E-state index contributed by atoms with van der Waals surface area (Å²) in [7, 11) is 0. The number of aromatic nitrogens is 2. The number of ether oxygens (including phenoxy) is 1. The van der Waals surface area contributed by atoms with Gasteiger partial charge in [0.25, 0.3) is 0 Å². The Morgan fingerprint density at radius 3 is 2.38 bits per heavy atom. The van der Waals surface area contributed by atoms with Gasteiger partial charge in [-0.1, -0.05) is 17.7 Å². The van der Waals surface area contributed by atoms with Crippen molar-refractivity contribution in [1.82, 2.24) is 19.8 Å². The molecule has 0 bridgehead atoms. The predicted octanol–water partition coefficient (Wildman–Crippen LogP) is 1.58. The minimum absolute atomic E-state index is 0.193.